The molecule has 8 heteroatoms. The number of nitrogens with one attached hydrogen (secondary N) is 2. The zero-order valence-electron chi connectivity index (χ0n) is 17.4. The van der Waals surface area contributed by atoms with Crippen LogP contribution in [0.4, 0.5) is 4.39 Å². The number of halogens is 1. The van der Waals surface area contributed by atoms with E-state index in [1.54, 1.807) is 39.1 Å². The van der Waals surface area contributed by atoms with Crippen LogP contribution in [0.1, 0.15) is 58.1 Å². The molecule has 2 aromatic heterocycles. The predicted molar refractivity (Wildman–Crippen MR) is 116 cm³/mol. The number of nitrogens with zero attached hydrogens (tertiary/aromatic N) is 2. The maximum atomic E-state index is 13.2. The Morgan fingerprint density at radius 2 is 1.77 bits per heavy atom. The zero-order valence-corrected chi connectivity index (χ0v) is 18.3. The van der Waals surface area contributed by atoms with Crippen LogP contribution >= 0.6 is 0 Å². The summed E-state index contributed by atoms with van der Waals surface area (Å²) in [6, 6.07) is 8.18. The first-order valence-electron chi connectivity index (χ1n) is 10.3. The summed E-state index contributed by atoms with van der Waals surface area (Å²) in [5, 5.41) is 0. The summed E-state index contributed by atoms with van der Waals surface area (Å²) in [4.78, 5) is 12.4. The van der Waals surface area contributed by atoms with Crippen LogP contribution in [0.5, 0.6) is 0 Å². The van der Waals surface area contributed by atoms with Crippen LogP contribution in [0.2, 0.25) is 0 Å². The summed E-state index contributed by atoms with van der Waals surface area (Å²) in [6.45, 7) is 5.14. The monoisotopic (exact) mass is 430 g/mol. The van der Waals surface area contributed by atoms with Crippen molar-refractivity contribution in [3.8, 4) is 11.4 Å². The number of benzene rings is 1. The van der Waals surface area contributed by atoms with Crippen LogP contribution in [-0.2, 0) is 10.0 Å². The molecule has 0 atom stereocenters. The maximum absolute atomic E-state index is 13.2. The van der Waals surface area contributed by atoms with E-state index in [-0.39, 0.29) is 11.9 Å². The van der Waals surface area contributed by atoms with Crippen LogP contribution in [-0.4, -0.2) is 34.2 Å². The normalized spacial score (nSPS) is 20.5. The summed E-state index contributed by atoms with van der Waals surface area (Å²) in [7, 11) is -3.33. The molecule has 30 heavy (non-hydrogen) atoms. The second-order valence-corrected chi connectivity index (χ2v) is 11.5. The first kappa shape index (κ1) is 20.9. The predicted octanol–water partition coefficient (Wildman–Crippen LogP) is 4.51. The molecular formula is C22H27FN4O2S. The number of hydrogen-bond acceptors (Lipinski definition) is 4. The fraction of sp³-hybridized carbons (Fsp3) is 0.455. The molecule has 0 spiro atoms. The van der Waals surface area contributed by atoms with Gasteiger partial charge in [-0.1, -0.05) is 0 Å². The van der Waals surface area contributed by atoms with Crippen molar-refractivity contribution in [1.82, 2.24) is 19.7 Å². The Kier molecular flexibility index (Phi) is 5.40. The van der Waals surface area contributed by atoms with Crippen LogP contribution < -0.4 is 4.72 Å². The Morgan fingerprint density at radius 1 is 1.10 bits per heavy atom. The van der Waals surface area contributed by atoms with Gasteiger partial charge in [-0.3, -0.25) is 0 Å². The molecule has 0 bridgehead atoms. The van der Waals surface area contributed by atoms with Crippen LogP contribution in [0.25, 0.3) is 22.4 Å². The van der Waals surface area contributed by atoms with Gasteiger partial charge >= 0.3 is 0 Å². The van der Waals surface area contributed by atoms with Crippen LogP contribution in [0, 0.1) is 5.82 Å². The molecular weight excluding hydrogens is 403 g/mol. The molecule has 4 rings (SSSR count). The van der Waals surface area contributed by atoms with E-state index in [4.69, 9.17) is 0 Å². The Hall–Kier alpha value is -2.32. The molecule has 1 aliphatic rings. The van der Waals surface area contributed by atoms with Gasteiger partial charge < -0.3 is 4.98 Å². The molecule has 2 N–H and O–H groups in total. The number of rotatable bonds is 4. The van der Waals surface area contributed by atoms with Gasteiger partial charge in [0.2, 0.25) is 10.0 Å². The third-order valence-corrected chi connectivity index (χ3v) is 8.04. The van der Waals surface area contributed by atoms with Gasteiger partial charge in [0.1, 0.15) is 5.82 Å². The lowest BCUT2D eigenvalue weighted by atomic mass is 9.84. The lowest BCUT2D eigenvalue weighted by Crippen LogP contribution is -2.45. The first-order valence-corrected chi connectivity index (χ1v) is 11.7. The second kappa shape index (κ2) is 7.74. The average molecular weight is 431 g/mol. The topological polar surface area (TPSA) is 87.7 Å². The number of aromatic amines is 1. The smallest absolute Gasteiger partial charge is 0.216 e. The van der Waals surface area contributed by atoms with E-state index in [0.717, 1.165) is 48.0 Å². The van der Waals surface area contributed by atoms with Crippen molar-refractivity contribution in [2.75, 3.05) is 0 Å². The number of H-pyrrole nitrogens is 1. The Labute approximate surface area is 176 Å². The lowest BCUT2D eigenvalue weighted by molar-refractivity contribution is 0.368. The molecule has 0 amide bonds. The molecule has 1 saturated carbocycles. The Bertz CT molecular complexity index is 1140. The highest BCUT2D eigenvalue weighted by Crippen LogP contribution is 2.34. The van der Waals surface area contributed by atoms with Crippen molar-refractivity contribution in [1.29, 1.82) is 0 Å². The van der Waals surface area contributed by atoms with Gasteiger partial charge in [0.05, 0.1) is 22.0 Å². The molecule has 1 aliphatic carbocycles. The minimum atomic E-state index is -3.33. The van der Waals surface area contributed by atoms with Crippen molar-refractivity contribution in [3.63, 3.8) is 0 Å². The van der Waals surface area contributed by atoms with Crippen molar-refractivity contribution < 1.29 is 12.8 Å². The SMILES string of the molecule is CC(C)(C)S(=O)(=O)NC1CCC(c2cc3nc(-c4ccc(F)cc4)ncc3[nH]2)CC1. The lowest BCUT2D eigenvalue weighted by Gasteiger charge is -2.31. The van der Waals surface area contributed by atoms with Crippen LogP contribution in [0.15, 0.2) is 36.5 Å². The molecule has 1 aromatic carbocycles. The first-order chi connectivity index (χ1) is 14.1. The van der Waals surface area contributed by atoms with E-state index in [0.29, 0.717) is 11.7 Å². The van der Waals surface area contributed by atoms with Gasteiger partial charge in [0.25, 0.3) is 0 Å². The fourth-order valence-electron chi connectivity index (χ4n) is 3.82. The Morgan fingerprint density at radius 3 is 2.40 bits per heavy atom. The molecule has 3 aromatic rings. The summed E-state index contributed by atoms with van der Waals surface area (Å²) < 4.78 is 40.0. The molecule has 160 valence electrons. The number of hydrogen-bond donors (Lipinski definition) is 2. The highest BCUT2D eigenvalue weighted by atomic mass is 32.2. The maximum Gasteiger partial charge on any atom is 0.216 e. The summed E-state index contributed by atoms with van der Waals surface area (Å²) in [6.07, 6.45) is 5.18. The van der Waals surface area contributed by atoms with E-state index < -0.39 is 14.8 Å². The summed E-state index contributed by atoms with van der Waals surface area (Å²) in [5.41, 5.74) is 3.57. The molecule has 0 radical (unpaired) electrons. The summed E-state index contributed by atoms with van der Waals surface area (Å²) in [5.74, 6) is 0.612. The van der Waals surface area contributed by atoms with Crippen molar-refractivity contribution in [2.24, 2.45) is 0 Å². The van der Waals surface area contributed by atoms with E-state index in [2.05, 4.69) is 19.7 Å². The number of sulfonamides is 1. The van der Waals surface area contributed by atoms with Gasteiger partial charge in [-0.15, -0.1) is 0 Å². The van der Waals surface area contributed by atoms with Crippen molar-refractivity contribution in [3.05, 3.63) is 48.0 Å². The standard InChI is InChI=1S/C22H27FN4O2S/c1-22(2,3)30(28,29)27-17-10-6-14(7-11-17)18-12-19-20(25-18)13-24-21(26-19)15-4-8-16(23)9-5-15/h4-5,8-9,12-14,17,25,27H,6-7,10-11H2,1-3H3. The molecule has 2 heterocycles. The molecule has 6 nitrogen and oxygen atoms in total. The molecule has 0 unspecified atom stereocenters. The minimum Gasteiger partial charge on any atom is -0.356 e. The average Bonchev–Trinajstić information content (AvgIpc) is 3.11. The third kappa shape index (κ3) is 4.25. The zero-order chi connectivity index (χ0) is 21.5. The Balaban J connectivity index is 1.46. The molecule has 0 saturated heterocycles. The highest BCUT2D eigenvalue weighted by molar-refractivity contribution is 7.90. The minimum absolute atomic E-state index is 0.0141. The van der Waals surface area contributed by atoms with Crippen molar-refractivity contribution >= 4 is 21.1 Å². The third-order valence-electron chi connectivity index (χ3n) is 5.79. The quantitative estimate of drug-likeness (QED) is 0.638. The number of fused-ring (bicyclic) bond motifs is 1. The van der Waals surface area contributed by atoms with E-state index >= 15 is 0 Å². The molecule has 1 fully saturated rings. The van der Waals surface area contributed by atoms with E-state index in [1.165, 1.54) is 12.1 Å². The van der Waals surface area contributed by atoms with Gasteiger partial charge in [-0.05, 0) is 82.7 Å². The van der Waals surface area contributed by atoms with Gasteiger partial charge in [0.15, 0.2) is 5.82 Å². The van der Waals surface area contributed by atoms with Crippen molar-refractivity contribution in [2.45, 2.75) is 63.2 Å². The van der Waals surface area contributed by atoms with Gasteiger partial charge in [-0.2, -0.15) is 0 Å². The van der Waals surface area contributed by atoms with E-state index in [1.807, 2.05) is 6.07 Å². The highest BCUT2D eigenvalue weighted by Gasteiger charge is 2.33. The van der Waals surface area contributed by atoms with Crippen LogP contribution in [0.3, 0.4) is 0 Å². The molecule has 0 aliphatic heterocycles. The van der Waals surface area contributed by atoms with Gasteiger partial charge in [0, 0.05) is 17.3 Å². The largest absolute Gasteiger partial charge is 0.356 e. The van der Waals surface area contributed by atoms with Gasteiger partial charge in [-0.25, -0.2) is 27.5 Å². The van der Waals surface area contributed by atoms with E-state index in [9.17, 15) is 12.8 Å². The summed E-state index contributed by atoms with van der Waals surface area (Å²) >= 11 is 0. The fourth-order valence-corrected chi connectivity index (χ4v) is 4.84. The second-order valence-electron chi connectivity index (χ2n) is 9.01. The number of aromatic nitrogens is 3.